The Bertz CT molecular complexity index is 491. The van der Waals surface area contributed by atoms with Gasteiger partial charge in [-0.05, 0) is 39.0 Å². The van der Waals surface area contributed by atoms with Crippen LogP contribution in [-0.2, 0) is 24.0 Å². The van der Waals surface area contributed by atoms with Gasteiger partial charge in [-0.1, -0.05) is 6.92 Å². The molecule has 6 heteroatoms. The lowest BCUT2D eigenvalue weighted by Gasteiger charge is -2.59. The molecule has 0 unspecified atom stereocenters. The van der Waals surface area contributed by atoms with Crippen LogP contribution in [0.4, 0.5) is 0 Å². The van der Waals surface area contributed by atoms with E-state index in [1.54, 1.807) is 6.92 Å². The molecule has 1 aliphatic carbocycles. The Balaban J connectivity index is 1.87. The van der Waals surface area contributed by atoms with E-state index in [9.17, 15) is 9.90 Å². The molecule has 0 amide bonds. The zero-order valence-corrected chi connectivity index (χ0v) is 12.6. The van der Waals surface area contributed by atoms with Gasteiger partial charge in [-0.3, -0.25) is 0 Å². The molecule has 118 valence electrons. The van der Waals surface area contributed by atoms with E-state index in [0.717, 1.165) is 12.8 Å². The molecule has 5 fully saturated rings. The molecule has 21 heavy (non-hydrogen) atoms. The van der Waals surface area contributed by atoms with Gasteiger partial charge in [0.25, 0.3) is 0 Å². The zero-order chi connectivity index (χ0) is 15.0. The van der Waals surface area contributed by atoms with Crippen LogP contribution in [0.5, 0.6) is 0 Å². The van der Waals surface area contributed by atoms with E-state index in [1.165, 1.54) is 6.92 Å². The van der Waals surface area contributed by atoms with Crippen molar-refractivity contribution in [3.8, 4) is 0 Å². The molecule has 0 aromatic rings. The molecule has 0 aromatic carbocycles. The number of carbonyl (C=O) groups excluding carboxylic acids is 1. The first kappa shape index (κ1) is 13.9. The van der Waals surface area contributed by atoms with Crippen LogP contribution in [0.15, 0.2) is 0 Å². The summed E-state index contributed by atoms with van der Waals surface area (Å²) in [7, 11) is 0. The number of fused-ring (bicyclic) bond motifs is 2. The monoisotopic (exact) mass is 298 g/mol. The van der Waals surface area contributed by atoms with Crippen LogP contribution in [0.25, 0.3) is 0 Å². The predicted octanol–water partition coefficient (Wildman–Crippen LogP) is 1.51. The highest BCUT2D eigenvalue weighted by atomic mass is 17.3. The molecule has 5 aliphatic rings. The van der Waals surface area contributed by atoms with Crippen molar-refractivity contribution in [3.05, 3.63) is 0 Å². The Morgan fingerprint density at radius 2 is 1.95 bits per heavy atom. The van der Waals surface area contributed by atoms with Crippen LogP contribution in [0, 0.1) is 17.8 Å². The largest absolute Gasteiger partial charge is 0.430 e. The lowest BCUT2D eigenvalue weighted by Crippen LogP contribution is -2.74. The summed E-state index contributed by atoms with van der Waals surface area (Å²) in [6.07, 6.45) is 2.40. The van der Waals surface area contributed by atoms with Crippen molar-refractivity contribution in [2.75, 3.05) is 0 Å². The Hall–Kier alpha value is -0.690. The highest BCUT2D eigenvalue weighted by molar-refractivity contribution is 5.80. The smallest absolute Gasteiger partial charge is 0.340 e. The van der Waals surface area contributed by atoms with Crippen molar-refractivity contribution in [2.24, 2.45) is 17.8 Å². The van der Waals surface area contributed by atoms with Gasteiger partial charge in [-0.15, -0.1) is 0 Å². The number of esters is 1. The lowest BCUT2D eigenvalue weighted by molar-refractivity contribution is -0.562. The van der Waals surface area contributed by atoms with Gasteiger partial charge in [0.05, 0.1) is 0 Å². The van der Waals surface area contributed by atoms with E-state index >= 15 is 0 Å². The van der Waals surface area contributed by atoms with E-state index in [2.05, 4.69) is 6.92 Å². The molecule has 0 radical (unpaired) electrons. The Morgan fingerprint density at radius 3 is 2.71 bits per heavy atom. The van der Waals surface area contributed by atoms with Gasteiger partial charge in [0.2, 0.25) is 12.1 Å². The minimum Gasteiger partial charge on any atom is -0.430 e. The van der Waals surface area contributed by atoms with Gasteiger partial charge in [0, 0.05) is 18.3 Å². The van der Waals surface area contributed by atoms with Gasteiger partial charge in [0.15, 0.2) is 11.2 Å². The predicted molar refractivity (Wildman–Crippen MR) is 69.5 cm³/mol. The van der Waals surface area contributed by atoms with Crippen LogP contribution < -0.4 is 0 Å². The Labute approximate surface area is 123 Å². The summed E-state index contributed by atoms with van der Waals surface area (Å²) in [5.74, 6) is -1.34. The van der Waals surface area contributed by atoms with E-state index in [1.807, 2.05) is 0 Å². The normalized spacial score (nSPS) is 59.1. The molecule has 4 aliphatic heterocycles. The maximum Gasteiger partial charge on any atom is 0.340 e. The molecule has 1 spiro atoms. The van der Waals surface area contributed by atoms with E-state index < -0.39 is 29.2 Å². The SMILES string of the molecule is C[C@@H]1CC[C@@H]2[C@]34OO[C@](C)(CC[C@@H]13)O[C@H]4OC(=O)[C@]2(C)O. The average molecular weight is 298 g/mol. The van der Waals surface area contributed by atoms with E-state index in [0.29, 0.717) is 18.8 Å². The first-order valence-corrected chi connectivity index (χ1v) is 7.78. The topological polar surface area (TPSA) is 74.2 Å². The van der Waals surface area contributed by atoms with Crippen molar-refractivity contribution >= 4 is 5.97 Å². The summed E-state index contributed by atoms with van der Waals surface area (Å²) in [5, 5.41) is 10.7. The summed E-state index contributed by atoms with van der Waals surface area (Å²) in [6, 6.07) is 0. The van der Waals surface area contributed by atoms with Crippen LogP contribution in [0.1, 0.15) is 46.5 Å². The number of carbonyl (C=O) groups is 1. The van der Waals surface area contributed by atoms with Crippen molar-refractivity contribution < 1.29 is 29.1 Å². The number of aliphatic hydroxyl groups is 1. The van der Waals surface area contributed by atoms with E-state index in [-0.39, 0.29) is 11.8 Å². The number of hydrogen-bond acceptors (Lipinski definition) is 6. The Morgan fingerprint density at radius 1 is 1.19 bits per heavy atom. The second kappa shape index (κ2) is 3.98. The maximum atomic E-state index is 12.2. The van der Waals surface area contributed by atoms with Crippen LogP contribution >= 0.6 is 0 Å². The standard InChI is InChI=1S/C15H22O6/c1-8-4-5-10-14(3,17)11(16)18-12-15(10)9(8)6-7-13(2,19-12)20-21-15/h8-10,12,17H,4-7H2,1-3H3/t8-,9+,10+,12-,13-,14-,15-/m1/s1. The van der Waals surface area contributed by atoms with E-state index in [4.69, 9.17) is 19.2 Å². The summed E-state index contributed by atoms with van der Waals surface area (Å²) in [5.41, 5.74) is -2.47. The van der Waals surface area contributed by atoms with Crippen LogP contribution in [-0.4, -0.2) is 34.4 Å². The lowest BCUT2D eigenvalue weighted by atomic mass is 9.57. The molecule has 5 rings (SSSR count). The molecule has 4 saturated heterocycles. The third kappa shape index (κ3) is 1.59. The van der Waals surface area contributed by atoms with Gasteiger partial charge in [0.1, 0.15) is 0 Å². The van der Waals surface area contributed by atoms with Gasteiger partial charge in [-0.2, -0.15) is 0 Å². The average Bonchev–Trinajstić information content (AvgIpc) is 2.63. The molecule has 2 bridgehead atoms. The molecule has 0 aromatic heterocycles. The molecule has 1 saturated carbocycles. The number of rotatable bonds is 0. The zero-order valence-electron chi connectivity index (χ0n) is 12.6. The summed E-state index contributed by atoms with van der Waals surface area (Å²) >= 11 is 0. The quantitative estimate of drug-likeness (QED) is 0.540. The summed E-state index contributed by atoms with van der Waals surface area (Å²) in [6.45, 7) is 5.50. The molecular weight excluding hydrogens is 276 g/mol. The third-order valence-corrected chi connectivity index (χ3v) is 6.02. The van der Waals surface area contributed by atoms with Crippen LogP contribution in [0.3, 0.4) is 0 Å². The maximum absolute atomic E-state index is 12.2. The highest BCUT2D eigenvalue weighted by Gasteiger charge is 2.73. The molecule has 6 nitrogen and oxygen atoms in total. The molecule has 1 N–H and O–H groups in total. The molecule has 4 heterocycles. The minimum atomic E-state index is -1.57. The van der Waals surface area contributed by atoms with Crippen molar-refractivity contribution in [2.45, 2.75) is 69.7 Å². The van der Waals surface area contributed by atoms with Gasteiger partial charge >= 0.3 is 5.97 Å². The van der Waals surface area contributed by atoms with Gasteiger partial charge < -0.3 is 14.6 Å². The van der Waals surface area contributed by atoms with Crippen LogP contribution in [0.2, 0.25) is 0 Å². The third-order valence-electron chi connectivity index (χ3n) is 6.02. The summed E-state index contributed by atoms with van der Waals surface area (Å²) < 4.78 is 11.4. The highest BCUT2D eigenvalue weighted by Crippen LogP contribution is 2.60. The van der Waals surface area contributed by atoms with Crippen molar-refractivity contribution in [3.63, 3.8) is 0 Å². The second-order valence-corrected chi connectivity index (χ2v) is 7.41. The minimum absolute atomic E-state index is 0.144. The summed E-state index contributed by atoms with van der Waals surface area (Å²) in [4.78, 5) is 23.6. The second-order valence-electron chi connectivity index (χ2n) is 7.41. The molecular formula is C15H22O6. The van der Waals surface area contributed by atoms with Gasteiger partial charge in [-0.25, -0.2) is 14.6 Å². The first-order valence-electron chi connectivity index (χ1n) is 7.78. The first-order chi connectivity index (χ1) is 9.80. The fraction of sp³-hybridized carbons (Fsp3) is 0.933. The molecule has 7 atom stereocenters. The van der Waals surface area contributed by atoms with Crippen molar-refractivity contribution in [1.29, 1.82) is 0 Å². The number of ether oxygens (including phenoxy) is 2. The Kier molecular flexibility index (Phi) is 2.64. The van der Waals surface area contributed by atoms with Crippen molar-refractivity contribution in [1.82, 2.24) is 0 Å². The number of hydrogen-bond donors (Lipinski definition) is 1. The fourth-order valence-electron chi connectivity index (χ4n) is 4.78. The fourth-order valence-corrected chi connectivity index (χ4v) is 4.78.